The Morgan fingerprint density at radius 1 is 0.857 bits per heavy atom. The molecule has 3 aromatic rings. The molecule has 1 aromatic carbocycles. The van der Waals surface area contributed by atoms with E-state index in [1.165, 1.54) is 0 Å². The first-order valence-electron chi connectivity index (χ1n) is 9.27. The van der Waals surface area contributed by atoms with E-state index in [1.807, 2.05) is 72.4 Å². The molecule has 3 heterocycles. The Kier molecular flexibility index (Phi) is 5.15. The number of hydrogen-bond acceptors (Lipinski definition) is 5. The van der Waals surface area contributed by atoms with Crippen LogP contribution in [0.5, 0.6) is 0 Å². The van der Waals surface area contributed by atoms with Crippen LogP contribution in [0.1, 0.15) is 11.1 Å². The molecule has 7 nitrogen and oxygen atoms in total. The molecule has 1 fully saturated rings. The summed E-state index contributed by atoms with van der Waals surface area (Å²) in [5.74, 6) is 1.57. The van der Waals surface area contributed by atoms with Crippen molar-refractivity contribution in [2.75, 3.05) is 31.1 Å². The van der Waals surface area contributed by atoms with Crippen LogP contribution in [0.15, 0.2) is 60.9 Å². The van der Waals surface area contributed by atoms with Crippen LogP contribution in [0.4, 0.5) is 5.82 Å². The third-order valence-corrected chi connectivity index (χ3v) is 6.78. The highest BCUT2D eigenvalue weighted by Crippen LogP contribution is 2.18. The van der Waals surface area contributed by atoms with E-state index in [-0.39, 0.29) is 5.75 Å². The van der Waals surface area contributed by atoms with Gasteiger partial charge in [-0.1, -0.05) is 29.8 Å². The number of aromatic nitrogens is 3. The van der Waals surface area contributed by atoms with Crippen LogP contribution in [0.25, 0.3) is 5.82 Å². The molecule has 28 heavy (non-hydrogen) atoms. The highest BCUT2D eigenvalue weighted by atomic mass is 32.2. The normalized spacial score (nSPS) is 15.7. The first-order valence-corrected chi connectivity index (χ1v) is 10.9. The van der Waals surface area contributed by atoms with Gasteiger partial charge in [0.1, 0.15) is 0 Å². The zero-order chi connectivity index (χ0) is 19.6. The molecule has 0 radical (unpaired) electrons. The number of sulfonamides is 1. The molecule has 0 N–H and O–H groups in total. The van der Waals surface area contributed by atoms with E-state index in [9.17, 15) is 8.42 Å². The largest absolute Gasteiger partial charge is 0.352 e. The van der Waals surface area contributed by atoms with Gasteiger partial charge in [-0.25, -0.2) is 8.42 Å². The molecule has 1 saturated heterocycles. The summed E-state index contributed by atoms with van der Waals surface area (Å²) in [6.07, 6.45) is 3.84. The Bertz CT molecular complexity index is 1010. The van der Waals surface area contributed by atoms with Crippen LogP contribution in [0, 0.1) is 6.92 Å². The van der Waals surface area contributed by atoms with Gasteiger partial charge < -0.3 is 9.47 Å². The molecule has 0 aliphatic carbocycles. The molecule has 2 aromatic heterocycles. The maximum Gasteiger partial charge on any atom is 0.218 e. The second-order valence-electron chi connectivity index (χ2n) is 6.97. The molecule has 0 saturated carbocycles. The lowest BCUT2D eigenvalue weighted by molar-refractivity contribution is 0.383. The van der Waals surface area contributed by atoms with Crippen molar-refractivity contribution < 1.29 is 8.42 Å². The number of rotatable bonds is 5. The lowest BCUT2D eigenvalue weighted by Crippen LogP contribution is -2.49. The summed E-state index contributed by atoms with van der Waals surface area (Å²) in [7, 11) is -3.32. The van der Waals surface area contributed by atoms with Crippen LogP contribution in [0.2, 0.25) is 0 Å². The second-order valence-corrected chi connectivity index (χ2v) is 8.94. The average Bonchev–Trinajstić information content (AvgIpc) is 3.25. The standard InChI is InChI=1S/C20H23N5O2S/c1-17-4-6-18(7-5-17)16-28(26,27)25-14-12-24(13-15-25)20-9-8-19(21-22-20)23-10-2-3-11-23/h2-11H,12-16H2,1H3. The second kappa shape index (κ2) is 7.73. The molecule has 0 bridgehead atoms. The zero-order valence-electron chi connectivity index (χ0n) is 15.8. The van der Waals surface area contributed by atoms with E-state index < -0.39 is 10.0 Å². The Morgan fingerprint density at radius 2 is 1.46 bits per heavy atom. The lowest BCUT2D eigenvalue weighted by Gasteiger charge is -2.34. The van der Waals surface area contributed by atoms with Crippen molar-refractivity contribution in [3.8, 4) is 5.82 Å². The maximum absolute atomic E-state index is 12.7. The third kappa shape index (κ3) is 4.07. The quantitative estimate of drug-likeness (QED) is 0.660. The number of benzene rings is 1. The van der Waals surface area contributed by atoms with Gasteiger partial charge in [0.05, 0.1) is 5.75 Å². The molecule has 146 valence electrons. The van der Waals surface area contributed by atoms with Gasteiger partial charge in [0.25, 0.3) is 0 Å². The van der Waals surface area contributed by atoms with E-state index in [0.717, 1.165) is 22.8 Å². The van der Waals surface area contributed by atoms with Gasteiger partial charge in [0.2, 0.25) is 10.0 Å². The predicted octanol–water partition coefficient (Wildman–Crippen LogP) is 2.23. The van der Waals surface area contributed by atoms with Gasteiger partial charge in [0, 0.05) is 38.6 Å². The van der Waals surface area contributed by atoms with Gasteiger partial charge in [-0.3, -0.25) is 0 Å². The minimum absolute atomic E-state index is 0.0403. The van der Waals surface area contributed by atoms with E-state index in [2.05, 4.69) is 15.1 Å². The fourth-order valence-electron chi connectivity index (χ4n) is 3.29. The molecular formula is C20H23N5O2S. The van der Waals surface area contributed by atoms with Crippen molar-refractivity contribution in [2.24, 2.45) is 0 Å². The summed E-state index contributed by atoms with van der Waals surface area (Å²) in [6, 6.07) is 15.4. The van der Waals surface area contributed by atoms with E-state index in [1.54, 1.807) is 4.31 Å². The summed E-state index contributed by atoms with van der Waals surface area (Å²) in [5, 5.41) is 8.58. The smallest absolute Gasteiger partial charge is 0.218 e. The van der Waals surface area contributed by atoms with Crippen molar-refractivity contribution in [1.29, 1.82) is 0 Å². The Labute approximate surface area is 165 Å². The van der Waals surface area contributed by atoms with Crippen molar-refractivity contribution in [1.82, 2.24) is 19.1 Å². The number of aryl methyl sites for hydroxylation is 1. The number of hydrogen-bond donors (Lipinski definition) is 0. The summed E-state index contributed by atoms with van der Waals surface area (Å²) >= 11 is 0. The molecular weight excluding hydrogens is 374 g/mol. The Morgan fingerprint density at radius 3 is 2.07 bits per heavy atom. The van der Waals surface area contributed by atoms with Crippen LogP contribution >= 0.6 is 0 Å². The van der Waals surface area contributed by atoms with Gasteiger partial charge in [-0.15, -0.1) is 10.2 Å². The molecule has 0 unspecified atom stereocenters. The van der Waals surface area contributed by atoms with Crippen molar-refractivity contribution in [3.05, 3.63) is 72.1 Å². The lowest BCUT2D eigenvalue weighted by atomic mass is 10.2. The van der Waals surface area contributed by atoms with E-state index in [4.69, 9.17) is 0 Å². The summed E-state index contributed by atoms with van der Waals surface area (Å²) in [6.45, 7) is 4.10. The Hall–Kier alpha value is -2.71. The highest BCUT2D eigenvalue weighted by Gasteiger charge is 2.27. The zero-order valence-corrected chi connectivity index (χ0v) is 16.6. The number of anilines is 1. The SMILES string of the molecule is Cc1ccc(CS(=O)(=O)N2CCN(c3ccc(-n4cccc4)nn3)CC2)cc1. The minimum atomic E-state index is -3.32. The fourth-order valence-corrected chi connectivity index (χ4v) is 4.81. The van der Waals surface area contributed by atoms with Gasteiger partial charge >= 0.3 is 0 Å². The molecule has 1 aliphatic rings. The molecule has 0 amide bonds. The van der Waals surface area contributed by atoms with Crippen LogP contribution in [-0.2, 0) is 15.8 Å². The van der Waals surface area contributed by atoms with Gasteiger partial charge in [-0.05, 0) is 36.8 Å². The fraction of sp³-hybridized carbons (Fsp3) is 0.300. The molecule has 4 rings (SSSR count). The summed E-state index contributed by atoms with van der Waals surface area (Å²) in [4.78, 5) is 2.07. The summed E-state index contributed by atoms with van der Waals surface area (Å²) in [5.41, 5.74) is 1.94. The number of piperazine rings is 1. The van der Waals surface area contributed by atoms with Crippen LogP contribution in [-0.4, -0.2) is 53.7 Å². The highest BCUT2D eigenvalue weighted by molar-refractivity contribution is 7.88. The first-order chi connectivity index (χ1) is 13.5. The third-order valence-electron chi connectivity index (χ3n) is 4.93. The molecule has 0 spiro atoms. The van der Waals surface area contributed by atoms with Crippen molar-refractivity contribution in [3.63, 3.8) is 0 Å². The average molecular weight is 398 g/mol. The number of nitrogens with zero attached hydrogens (tertiary/aromatic N) is 5. The predicted molar refractivity (Wildman–Crippen MR) is 109 cm³/mol. The monoisotopic (exact) mass is 397 g/mol. The molecule has 0 atom stereocenters. The maximum atomic E-state index is 12.7. The van der Waals surface area contributed by atoms with Crippen molar-refractivity contribution >= 4 is 15.8 Å². The van der Waals surface area contributed by atoms with Crippen LogP contribution < -0.4 is 4.90 Å². The summed E-state index contributed by atoms with van der Waals surface area (Å²) < 4.78 is 28.9. The van der Waals surface area contributed by atoms with E-state index >= 15 is 0 Å². The Balaban J connectivity index is 1.38. The van der Waals surface area contributed by atoms with Crippen molar-refractivity contribution in [2.45, 2.75) is 12.7 Å². The first kappa shape index (κ1) is 18.6. The molecule has 1 aliphatic heterocycles. The topological polar surface area (TPSA) is 71.3 Å². The molecule has 8 heteroatoms. The van der Waals surface area contributed by atoms with Gasteiger partial charge in [0.15, 0.2) is 11.6 Å². The van der Waals surface area contributed by atoms with Crippen LogP contribution in [0.3, 0.4) is 0 Å². The van der Waals surface area contributed by atoms with E-state index in [0.29, 0.717) is 26.2 Å². The van der Waals surface area contributed by atoms with Gasteiger partial charge in [-0.2, -0.15) is 4.31 Å². The minimum Gasteiger partial charge on any atom is -0.352 e.